The van der Waals surface area contributed by atoms with Gasteiger partial charge in [0.2, 0.25) is 5.91 Å². The Morgan fingerprint density at radius 3 is 2.52 bits per heavy atom. The number of alkyl halides is 3. The number of hydrogen-bond donors (Lipinski definition) is 1. The highest BCUT2D eigenvalue weighted by atomic mass is 32.1. The van der Waals surface area contributed by atoms with Gasteiger partial charge < -0.3 is 0 Å². The normalized spacial score (nSPS) is 11.8. The summed E-state index contributed by atoms with van der Waals surface area (Å²) in [5, 5.41) is 5.58. The van der Waals surface area contributed by atoms with Gasteiger partial charge in [0.15, 0.2) is 0 Å². The first-order valence-corrected chi connectivity index (χ1v) is 6.84. The summed E-state index contributed by atoms with van der Waals surface area (Å²) in [5.41, 5.74) is 2.08. The van der Waals surface area contributed by atoms with Gasteiger partial charge in [-0.25, -0.2) is 5.43 Å². The first-order chi connectivity index (χ1) is 9.95. The Morgan fingerprint density at radius 2 is 1.95 bits per heavy atom. The molecule has 0 aliphatic heterocycles. The van der Waals surface area contributed by atoms with Crippen molar-refractivity contribution in [3.05, 3.63) is 57.8 Å². The Labute approximate surface area is 123 Å². The highest BCUT2D eigenvalue weighted by Gasteiger charge is 2.29. The van der Waals surface area contributed by atoms with Crippen LogP contribution >= 0.6 is 11.3 Å². The molecule has 1 aromatic carbocycles. The molecular formula is C14H11F3N2OS. The molecule has 0 unspecified atom stereocenters. The fraction of sp³-hybridized carbons (Fsp3) is 0.143. The molecule has 0 fully saturated rings. The fourth-order valence-electron chi connectivity index (χ4n) is 1.55. The third kappa shape index (κ3) is 4.71. The summed E-state index contributed by atoms with van der Waals surface area (Å²) in [5.74, 6) is -0.277. The maximum absolute atomic E-state index is 12.4. The van der Waals surface area contributed by atoms with E-state index in [4.69, 9.17) is 0 Å². The van der Waals surface area contributed by atoms with Crippen LogP contribution in [0.5, 0.6) is 0 Å². The van der Waals surface area contributed by atoms with Crippen LogP contribution in [0, 0.1) is 0 Å². The number of carbonyl (C=O) groups is 1. The van der Waals surface area contributed by atoms with Crippen LogP contribution in [0.25, 0.3) is 0 Å². The molecule has 0 aliphatic carbocycles. The van der Waals surface area contributed by atoms with Crippen molar-refractivity contribution >= 4 is 23.5 Å². The number of halogens is 3. The number of rotatable bonds is 4. The molecule has 0 saturated carbocycles. The summed E-state index contributed by atoms with van der Waals surface area (Å²) in [6, 6.07) is 8.20. The topological polar surface area (TPSA) is 41.5 Å². The van der Waals surface area contributed by atoms with E-state index < -0.39 is 11.7 Å². The van der Waals surface area contributed by atoms with Crippen LogP contribution in [0.1, 0.15) is 16.0 Å². The molecule has 2 aromatic rings. The second-order valence-electron chi connectivity index (χ2n) is 4.17. The number of thiophene rings is 1. The molecule has 0 atom stereocenters. The van der Waals surface area contributed by atoms with E-state index in [0.29, 0.717) is 5.56 Å². The van der Waals surface area contributed by atoms with E-state index in [2.05, 4.69) is 10.5 Å². The van der Waals surface area contributed by atoms with E-state index in [0.717, 1.165) is 17.0 Å². The van der Waals surface area contributed by atoms with Crippen molar-refractivity contribution < 1.29 is 18.0 Å². The molecule has 0 radical (unpaired) electrons. The van der Waals surface area contributed by atoms with Crippen molar-refractivity contribution in [2.24, 2.45) is 5.10 Å². The molecular weight excluding hydrogens is 301 g/mol. The standard InChI is InChI=1S/C14H11F3N2OS/c15-14(16,17)11-5-3-10(4-6-11)9-18-19-13(20)8-12-2-1-7-21-12/h1-7,9H,8H2,(H,19,20)/b18-9-. The number of hydrazone groups is 1. The molecule has 7 heteroatoms. The number of amides is 1. The van der Waals surface area contributed by atoms with E-state index in [1.165, 1.54) is 29.7 Å². The Morgan fingerprint density at radius 1 is 1.24 bits per heavy atom. The molecule has 1 heterocycles. The molecule has 0 spiro atoms. The summed E-state index contributed by atoms with van der Waals surface area (Å²) >= 11 is 1.47. The van der Waals surface area contributed by atoms with Crippen LogP contribution in [0.3, 0.4) is 0 Å². The molecule has 2 rings (SSSR count). The van der Waals surface area contributed by atoms with Gasteiger partial charge in [-0.15, -0.1) is 11.3 Å². The van der Waals surface area contributed by atoms with Gasteiger partial charge in [-0.2, -0.15) is 18.3 Å². The van der Waals surface area contributed by atoms with Crippen molar-refractivity contribution in [1.82, 2.24) is 5.43 Å². The van der Waals surface area contributed by atoms with Crippen LogP contribution < -0.4 is 5.43 Å². The molecule has 0 aliphatic rings. The van der Waals surface area contributed by atoms with Gasteiger partial charge in [-0.1, -0.05) is 18.2 Å². The maximum Gasteiger partial charge on any atom is 0.416 e. The minimum atomic E-state index is -4.36. The summed E-state index contributed by atoms with van der Waals surface area (Å²) in [7, 11) is 0. The lowest BCUT2D eigenvalue weighted by atomic mass is 10.1. The largest absolute Gasteiger partial charge is 0.416 e. The Balaban J connectivity index is 1.88. The molecule has 1 aromatic heterocycles. The average molecular weight is 312 g/mol. The fourth-order valence-corrected chi connectivity index (χ4v) is 2.25. The van der Waals surface area contributed by atoms with Gasteiger partial charge in [-0.05, 0) is 29.1 Å². The van der Waals surface area contributed by atoms with Crippen LogP contribution in [0.2, 0.25) is 0 Å². The lowest BCUT2D eigenvalue weighted by molar-refractivity contribution is -0.137. The van der Waals surface area contributed by atoms with Crippen molar-refractivity contribution in [1.29, 1.82) is 0 Å². The van der Waals surface area contributed by atoms with Crippen molar-refractivity contribution in [3.8, 4) is 0 Å². The molecule has 3 nitrogen and oxygen atoms in total. The van der Waals surface area contributed by atoms with Crippen LogP contribution in [-0.2, 0) is 17.4 Å². The second-order valence-corrected chi connectivity index (χ2v) is 5.20. The van der Waals surface area contributed by atoms with Gasteiger partial charge >= 0.3 is 6.18 Å². The predicted molar refractivity (Wildman–Crippen MR) is 75.2 cm³/mol. The average Bonchev–Trinajstić information content (AvgIpc) is 2.91. The van der Waals surface area contributed by atoms with Gasteiger partial charge in [0, 0.05) is 4.88 Å². The SMILES string of the molecule is O=C(Cc1cccs1)N/N=C\c1ccc(C(F)(F)F)cc1. The number of hydrogen-bond acceptors (Lipinski definition) is 3. The lowest BCUT2D eigenvalue weighted by Gasteiger charge is -2.05. The van der Waals surface area contributed by atoms with E-state index in [1.807, 2.05) is 17.5 Å². The summed E-state index contributed by atoms with van der Waals surface area (Å²) in [4.78, 5) is 12.4. The Hall–Kier alpha value is -2.15. The van der Waals surface area contributed by atoms with E-state index in [1.54, 1.807) is 0 Å². The monoisotopic (exact) mass is 312 g/mol. The molecule has 110 valence electrons. The second kappa shape index (κ2) is 6.53. The first-order valence-electron chi connectivity index (χ1n) is 5.97. The summed E-state index contributed by atoms with van der Waals surface area (Å²) in [6.45, 7) is 0. The van der Waals surface area contributed by atoms with Crippen molar-refractivity contribution in [2.45, 2.75) is 12.6 Å². The smallest absolute Gasteiger partial charge is 0.273 e. The van der Waals surface area contributed by atoms with E-state index in [-0.39, 0.29) is 12.3 Å². The Kier molecular flexibility index (Phi) is 4.74. The Bertz CT molecular complexity index is 619. The zero-order chi connectivity index (χ0) is 15.3. The third-order valence-electron chi connectivity index (χ3n) is 2.56. The number of nitrogens with zero attached hydrogens (tertiary/aromatic N) is 1. The van der Waals surface area contributed by atoms with Crippen LogP contribution in [-0.4, -0.2) is 12.1 Å². The van der Waals surface area contributed by atoms with Crippen molar-refractivity contribution in [3.63, 3.8) is 0 Å². The van der Waals surface area contributed by atoms with E-state index >= 15 is 0 Å². The van der Waals surface area contributed by atoms with Gasteiger partial charge in [0.05, 0.1) is 18.2 Å². The number of nitrogens with one attached hydrogen (secondary N) is 1. The minimum Gasteiger partial charge on any atom is -0.273 e. The summed E-state index contributed by atoms with van der Waals surface area (Å²) < 4.78 is 37.1. The van der Waals surface area contributed by atoms with Crippen LogP contribution in [0.4, 0.5) is 13.2 Å². The highest BCUT2D eigenvalue weighted by Crippen LogP contribution is 2.28. The van der Waals surface area contributed by atoms with Crippen LogP contribution in [0.15, 0.2) is 46.9 Å². The predicted octanol–water partition coefficient (Wildman–Crippen LogP) is 3.46. The number of carbonyl (C=O) groups excluding carboxylic acids is 1. The number of benzene rings is 1. The van der Waals surface area contributed by atoms with Crippen molar-refractivity contribution in [2.75, 3.05) is 0 Å². The quantitative estimate of drug-likeness (QED) is 0.682. The first kappa shape index (κ1) is 15.2. The molecule has 1 amide bonds. The van der Waals surface area contributed by atoms with Gasteiger partial charge in [0.25, 0.3) is 0 Å². The molecule has 0 bridgehead atoms. The zero-order valence-electron chi connectivity index (χ0n) is 10.7. The lowest BCUT2D eigenvalue weighted by Crippen LogP contribution is -2.19. The van der Waals surface area contributed by atoms with Gasteiger partial charge in [0.1, 0.15) is 0 Å². The van der Waals surface area contributed by atoms with Gasteiger partial charge in [-0.3, -0.25) is 4.79 Å². The summed E-state index contributed by atoms with van der Waals surface area (Å²) in [6.07, 6.45) is -2.83. The molecule has 21 heavy (non-hydrogen) atoms. The maximum atomic E-state index is 12.4. The molecule has 0 saturated heterocycles. The zero-order valence-corrected chi connectivity index (χ0v) is 11.5. The third-order valence-corrected chi connectivity index (χ3v) is 3.43. The molecule has 1 N–H and O–H groups in total. The minimum absolute atomic E-state index is 0.224. The van der Waals surface area contributed by atoms with E-state index in [9.17, 15) is 18.0 Å². The highest BCUT2D eigenvalue weighted by molar-refractivity contribution is 7.10.